The first-order chi connectivity index (χ1) is 16.8. The summed E-state index contributed by atoms with van der Waals surface area (Å²) in [4.78, 5) is 38.5. The van der Waals surface area contributed by atoms with Crippen LogP contribution < -0.4 is 19.9 Å². The molecule has 2 aromatic carbocycles. The van der Waals surface area contributed by atoms with Gasteiger partial charge in [0, 0.05) is 48.3 Å². The van der Waals surface area contributed by atoms with E-state index in [2.05, 4.69) is 15.3 Å². The van der Waals surface area contributed by atoms with Gasteiger partial charge in [-0.05, 0) is 69.7 Å². The first kappa shape index (κ1) is 24.2. The number of anilines is 4. The molecule has 0 radical (unpaired) electrons. The number of aromatic nitrogens is 2. The zero-order valence-electron chi connectivity index (χ0n) is 20.8. The van der Waals surface area contributed by atoms with Gasteiger partial charge in [-0.25, -0.2) is 9.97 Å². The minimum atomic E-state index is -0.427. The van der Waals surface area contributed by atoms with E-state index in [-0.39, 0.29) is 18.2 Å². The summed E-state index contributed by atoms with van der Waals surface area (Å²) in [5, 5.41) is 2.96. The van der Waals surface area contributed by atoms with E-state index in [4.69, 9.17) is 4.74 Å². The second-order valence-corrected chi connectivity index (χ2v) is 8.79. The highest BCUT2D eigenvalue weighted by molar-refractivity contribution is 6.04. The maximum absolute atomic E-state index is 13.0. The maximum Gasteiger partial charge on any atom is 0.230 e. The average molecular weight is 474 g/mol. The Kier molecular flexibility index (Phi) is 7.00. The van der Waals surface area contributed by atoms with Crippen molar-refractivity contribution in [2.75, 3.05) is 35.3 Å². The standard InChI is InChI=1S/C27H31N5O3/c1-6-31(27-28-18(3)13-19(4)29-27)22-10-8-21(9-11-22)30-26(34)20-14-25(33)32(16-20)24-15-23(35-5)12-7-17(24)2/h7-13,15,20H,6,14,16H2,1-5H3,(H,30,34). The molecule has 1 N–H and O–H groups in total. The van der Waals surface area contributed by atoms with Gasteiger partial charge in [-0.1, -0.05) is 6.07 Å². The molecule has 182 valence electrons. The third-order valence-corrected chi connectivity index (χ3v) is 6.18. The predicted octanol–water partition coefficient (Wildman–Crippen LogP) is 4.56. The summed E-state index contributed by atoms with van der Waals surface area (Å²) in [7, 11) is 1.59. The number of aryl methyl sites for hydroxylation is 3. The van der Waals surface area contributed by atoms with E-state index in [0.717, 1.165) is 28.3 Å². The number of nitrogens with one attached hydrogen (secondary N) is 1. The van der Waals surface area contributed by atoms with Crippen molar-refractivity contribution in [3.63, 3.8) is 0 Å². The number of carbonyl (C=O) groups excluding carboxylic acids is 2. The molecule has 8 nitrogen and oxygen atoms in total. The van der Waals surface area contributed by atoms with Gasteiger partial charge in [0.15, 0.2) is 0 Å². The third kappa shape index (κ3) is 5.26. The van der Waals surface area contributed by atoms with Gasteiger partial charge in [0.1, 0.15) is 5.75 Å². The fourth-order valence-electron chi connectivity index (χ4n) is 4.36. The van der Waals surface area contributed by atoms with Crippen LogP contribution in [0, 0.1) is 26.7 Å². The van der Waals surface area contributed by atoms with Crippen LogP contribution in [0.5, 0.6) is 5.75 Å². The Morgan fingerprint density at radius 2 is 1.77 bits per heavy atom. The Hall–Kier alpha value is -3.94. The number of amides is 2. The molecule has 8 heteroatoms. The topological polar surface area (TPSA) is 87.7 Å². The molecule has 1 aromatic heterocycles. The summed E-state index contributed by atoms with van der Waals surface area (Å²) in [6.07, 6.45) is 0.175. The van der Waals surface area contributed by atoms with Crippen LogP contribution in [0.3, 0.4) is 0 Å². The Balaban J connectivity index is 1.44. The summed E-state index contributed by atoms with van der Waals surface area (Å²) < 4.78 is 5.30. The van der Waals surface area contributed by atoms with Crippen molar-refractivity contribution in [3.8, 4) is 5.75 Å². The zero-order chi connectivity index (χ0) is 25.1. The van der Waals surface area contributed by atoms with Crippen molar-refractivity contribution in [1.29, 1.82) is 0 Å². The number of hydrogen-bond donors (Lipinski definition) is 1. The highest BCUT2D eigenvalue weighted by atomic mass is 16.5. The van der Waals surface area contributed by atoms with E-state index in [1.54, 1.807) is 12.0 Å². The van der Waals surface area contributed by atoms with Crippen molar-refractivity contribution in [2.24, 2.45) is 5.92 Å². The number of methoxy groups -OCH3 is 1. The van der Waals surface area contributed by atoms with Crippen molar-refractivity contribution in [1.82, 2.24) is 9.97 Å². The lowest BCUT2D eigenvalue weighted by Crippen LogP contribution is -2.28. The summed E-state index contributed by atoms with van der Waals surface area (Å²) in [6.45, 7) is 8.94. The van der Waals surface area contributed by atoms with Gasteiger partial charge < -0.3 is 19.9 Å². The van der Waals surface area contributed by atoms with Crippen molar-refractivity contribution >= 4 is 34.8 Å². The lowest BCUT2D eigenvalue weighted by Gasteiger charge is -2.22. The minimum absolute atomic E-state index is 0.0658. The van der Waals surface area contributed by atoms with Crippen LogP contribution in [0.2, 0.25) is 0 Å². The van der Waals surface area contributed by atoms with E-state index < -0.39 is 5.92 Å². The monoisotopic (exact) mass is 473 g/mol. The average Bonchev–Trinajstić information content (AvgIpc) is 3.22. The quantitative estimate of drug-likeness (QED) is 0.541. The number of rotatable bonds is 7. The fourth-order valence-corrected chi connectivity index (χ4v) is 4.36. The first-order valence-corrected chi connectivity index (χ1v) is 11.7. The predicted molar refractivity (Wildman–Crippen MR) is 137 cm³/mol. The van der Waals surface area contributed by atoms with Crippen LogP contribution in [0.25, 0.3) is 0 Å². The first-order valence-electron chi connectivity index (χ1n) is 11.7. The summed E-state index contributed by atoms with van der Waals surface area (Å²) in [5.41, 5.74) is 5.19. The molecule has 35 heavy (non-hydrogen) atoms. The van der Waals surface area contributed by atoms with Gasteiger partial charge in [-0.3, -0.25) is 9.59 Å². The summed E-state index contributed by atoms with van der Waals surface area (Å²) in [6, 6.07) is 15.2. The lowest BCUT2D eigenvalue weighted by atomic mass is 10.1. The Labute approximate surface area is 205 Å². The zero-order valence-corrected chi connectivity index (χ0v) is 20.8. The second kappa shape index (κ2) is 10.1. The lowest BCUT2D eigenvalue weighted by molar-refractivity contribution is -0.122. The van der Waals surface area contributed by atoms with Gasteiger partial charge in [0.2, 0.25) is 17.8 Å². The van der Waals surface area contributed by atoms with Crippen LogP contribution >= 0.6 is 0 Å². The van der Waals surface area contributed by atoms with E-state index in [9.17, 15) is 9.59 Å². The van der Waals surface area contributed by atoms with Gasteiger partial charge in [0.25, 0.3) is 0 Å². The van der Waals surface area contributed by atoms with Crippen molar-refractivity contribution in [3.05, 3.63) is 65.5 Å². The number of benzene rings is 2. The van der Waals surface area contributed by atoms with Crippen LogP contribution in [-0.2, 0) is 9.59 Å². The van der Waals surface area contributed by atoms with Crippen molar-refractivity contribution in [2.45, 2.75) is 34.1 Å². The molecule has 1 aliphatic rings. The van der Waals surface area contributed by atoms with E-state index >= 15 is 0 Å². The molecule has 4 rings (SSSR count). The van der Waals surface area contributed by atoms with Crippen molar-refractivity contribution < 1.29 is 14.3 Å². The van der Waals surface area contributed by atoms with Gasteiger partial charge >= 0.3 is 0 Å². The van der Waals surface area contributed by atoms with Gasteiger partial charge in [0.05, 0.1) is 18.7 Å². The molecule has 0 bridgehead atoms. The van der Waals surface area contributed by atoms with Gasteiger partial charge in [-0.15, -0.1) is 0 Å². The fraction of sp³-hybridized carbons (Fsp3) is 0.333. The highest BCUT2D eigenvalue weighted by Crippen LogP contribution is 2.32. The SMILES string of the molecule is CCN(c1ccc(NC(=O)C2CC(=O)N(c3cc(OC)ccc3C)C2)cc1)c1nc(C)cc(C)n1. The van der Waals surface area contributed by atoms with Gasteiger partial charge in [-0.2, -0.15) is 0 Å². The van der Waals surface area contributed by atoms with E-state index in [1.807, 2.05) is 81.1 Å². The molecular formula is C27H31N5O3. The molecule has 0 saturated carbocycles. The molecule has 1 unspecified atom stereocenters. The second-order valence-electron chi connectivity index (χ2n) is 8.79. The number of ether oxygens (including phenoxy) is 1. The number of carbonyl (C=O) groups is 2. The number of nitrogens with zero attached hydrogens (tertiary/aromatic N) is 4. The molecule has 2 heterocycles. The van der Waals surface area contributed by atoms with E-state index in [1.165, 1.54) is 0 Å². The van der Waals surface area contributed by atoms with Crippen LogP contribution in [0.4, 0.5) is 23.0 Å². The Morgan fingerprint density at radius 3 is 2.40 bits per heavy atom. The molecular weight excluding hydrogens is 442 g/mol. The van der Waals surface area contributed by atoms with Crippen LogP contribution in [-0.4, -0.2) is 42.0 Å². The molecule has 1 saturated heterocycles. The molecule has 1 aliphatic heterocycles. The third-order valence-electron chi connectivity index (χ3n) is 6.18. The number of hydrogen-bond acceptors (Lipinski definition) is 6. The highest BCUT2D eigenvalue weighted by Gasteiger charge is 2.36. The Morgan fingerprint density at radius 1 is 1.09 bits per heavy atom. The molecule has 1 fully saturated rings. The maximum atomic E-state index is 13.0. The molecule has 0 aliphatic carbocycles. The Bertz CT molecular complexity index is 1220. The minimum Gasteiger partial charge on any atom is -0.497 e. The normalized spacial score (nSPS) is 15.3. The molecule has 2 amide bonds. The summed E-state index contributed by atoms with van der Waals surface area (Å²) >= 11 is 0. The smallest absolute Gasteiger partial charge is 0.230 e. The molecule has 3 aromatic rings. The molecule has 0 spiro atoms. The summed E-state index contributed by atoms with van der Waals surface area (Å²) in [5.74, 6) is 0.671. The largest absolute Gasteiger partial charge is 0.497 e. The van der Waals surface area contributed by atoms with Crippen LogP contribution in [0.15, 0.2) is 48.5 Å². The van der Waals surface area contributed by atoms with E-state index in [0.29, 0.717) is 30.5 Å². The molecule has 1 atom stereocenters. The van der Waals surface area contributed by atoms with Crippen LogP contribution in [0.1, 0.15) is 30.3 Å².